The van der Waals surface area contributed by atoms with Gasteiger partial charge in [0.25, 0.3) is 11.8 Å². The predicted molar refractivity (Wildman–Crippen MR) is 133 cm³/mol. The van der Waals surface area contributed by atoms with Crippen LogP contribution in [0, 0.1) is 5.82 Å². The van der Waals surface area contributed by atoms with Crippen molar-refractivity contribution in [3.8, 4) is 0 Å². The normalized spacial score (nSPS) is 15.1. The monoisotopic (exact) mass is 501 g/mol. The molecule has 3 aromatic heterocycles. The van der Waals surface area contributed by atoms with E-state index in [2.05, 4.69) is 20.6 Å². The summed E-state index contributed by atoms with van der Waals surface area (Å²) in [6, 6.07) is 15.2. The van der Waals surface area contributed by atoms with Gasteiger partial charge in [0.15, 0.2) is 0 Å². The summed E-state index contributed by atoms with van der Waals surface area (Å²) in [5.74, 6) is -1.59. The Morgan fingerprint density at radius 3 is 2.58 bits per heavy atom. The van der Waals surface area contributed by atoms with E-state index in [4.69, 9.17) is 0 Å². The van der Waals surface area contributed by atoms with Gasteiger partial charge in [-0.25, -0.2) is 9.37 Å². The quantitative estimate of drug-likeness (QED) is 0.413. The summed E-state index contributed by atoms with van der Waals surface area (Å²) in [5.41, 5.74) is 1.34. The number of thiophene rings is 1. The summed E-state index contributed by atoms with van der Waals surface area (Å²) in [5, 5.41) is 7.14. The molecule has 0 aliphatic carbocycles. The molecule has 0 radical (unpaired) electrons. The zero-order chi connectivity index (χ0) is 25.1. The fourth-order valence-electron chi connectivity index (χ4n) is 3.93. The van der Waals surface area contributed by atoms with Crippen LogP contribution in [-0.4, -0.2) is 38.6 Å². The number of pyridine rings is 2. The Morgan fingerprint density at radius 2 is 1.86 bits per heavy atom. The van der Waals surface area contributed by atoms with Crippen molar-refractivity contribution >= 4 is 40.6 Å². The summed E-state index contributed by atoms with van der Waals surface area (Å²) in [7, 11) is 0. The van der Waals surface area contributed by atoms with Gasteiger partial charge in [0, 0.05) is 42.2 Å². The van der Waals surface area contributed by atoms with Gasteiger partial charge >= 0.3 is 0 Å². The van der Waals surface area contributed by atoms with E-state index in [0.29, 0.717) is 22.1 Å². The number of aromatic nitrogens is 2. The molecule has 0 bridgehead atoms. The van der Waals surface area contributed by atoms with E-state index in [1.807, 2.05) is 0 Å². The highest BCUT2D eigenvalue weighted by Gasteiger charge is 2.37. The van der Waals surface area contributed by atoms with E-state index in [1.54, 1.807) is 54.0 Å². The Bertz CT molecular complexity index is 1430. The van der Waals surface area contributed by atoms with E-state index in [-0.39, 0.29) is 35.9 Å². The number of carbonyl (C=O) groups excluding carboxylic acids is 3. The number of rotatable bonds is 6. The number of amides is 3. The molecule has 5 rings (SSSR count). The molecule has 0 fully saturated rings. The first kappa shape index (κ1) is 23.3. The van der Waals surface area contributed by atoms with Gasteiger partial charge in [-0.3, -0.25) is 19.4 Å². The Morgan fingerprint density at radius 1 is 1.06 bits per heavy atom. The summed E-state index contributed by atoms with van der Waals surface area (Å²) in [6.07, 6.45) is 3.31. The van der Waals surface area contributed by atoms with Gasteiger partial charge in [0.1, 0.15) is 22.6 Å². The summed E-state index contributed by atoms with van der Waals surface area (Å²) in [6.45, 7) is -0.158. The van der Waals surface area contributed by atoms with Crippen molar-refractivity contribution in [2.45, 2.75) is 19.0 Å². The van der Waals surface area contributed by atoms with Crippen LogP contribution in [0.15, 0.2) is 78.4 Å². The van der Waals surface area contributed by atoms with Gasteiger partial charge < -0.3 is 15.5 Å². The van der Waals surface area contributed by atoms with Gasteiger partial charge in [-0.1, -0.05) is 18.2 Å². The van der Waals surface area contributed by atoms with Crippen LogP contribution in [0.4, 0.5) is 15.9 Å². The molecule has 0 saturated heterocycles. The topological polar surface area (TPSA) is 104 Å². The van der Waals surface area contributed by atoms with Gasteiger partial charge in [0.2, 0.25) is 5.91 Å². The minimum absolute atomic E-state index is 0.104. The highest BCUT2D eigenvalue weighted by Crippen LogP contribution is 2.30. The summed E-state index contributed by atoms with van der Waals surface area (Å²) >= 11 is 1.21. The zero-order valence-electron chi connectivity index (χ0n) is 18.8. The second-order valence-electron chi connectivity index (χ2n) is 8.10. The van der Waals surface area contributed by atoms with Crippen LogP contribution in [0.25, 0.3) is 0 Å². The molecule has 1 aliphatic heterocycles. The van der Waals surface area contributed by atoms with Crippen LogP contribution in [0.3, 0.4) is 0 Å². The zero-order valence-corrected chi connectivity index (χ0v) is 19.7. The number of carbonyl (C=O) groups is 3. The first-order valence-corrected chi connectivity index (χ1v) is 12.0. The van der Waals surface area contributed by atoms with Crippen molar-refractivity contribution in [2.24, 2.45) is 0 Å². The molecule has 0 spiro atoms. The molecule has 180 valence electrons. The maximum absolute atomic E-state index is 15.2. The van der Waals surface area contributed by atoms with Gasteiger partial charge in [-0.05, 0) is 47.8 Å². The number of halogens is 1. The predicted octanol–water partition coefficient (Wildman–Crippen LogP) is 4.14. The fraction of sp³-hybridized carbons (Fsp3) is 0.115. The molecule has 36 heavy (non-hydrogen) atoms. The van der Waals surface area contributed by atoms with Crippen LogP contribution >= 0.6 is 11.3 Å². The lowest BCUT2D eigenvalue weighted by Gasteiger charge is -2.28. The molecule has 1 aromatic carbocycles. The first-order chi connectivity index (χ1) is 17.5. The van der Waals surface area contributed by atoms with Crippen LogP contribution in [-0.2, 0) is 17.8 Å². The highest BCUT2D eigenvalue weighted by atomic mass is 32.1. The second kappa shape index (κ2) is 10.0. The number of hydrogen-bond acceptors (Lipinski definition) is 6. The third kappa shape index (κ3) is 4.84. The lowest BCUT2D eigenvalue weighted by atomic mass is 10.1. The Kier molecular flexibility index (Phi) is 6.50. The van der Waals surface area contributed by atoms with E-state index in [1.165, 1.54) is 34.6 Å². The number of fused-ring (bicyclic) bond motifs is 1. The van der Waals surface area contributed by atoms with Gasteiger partial charge in [-0.15, -0.1) is 11.3 Å². The SMILES string of the molecule is O=C(Nc1ccccn1)c1ccc(CN2C(=O)c3sccc3NC(=O)C2Cc2ccccn2)c(F)c1. The van der Waals surface area contributed by atoms with Crippen molar-refractivity contribution in [3.63, 3.8) is 0 Å². The number of hydrogen-bond donors (Lipinski definition) is 2. The highest BCUT2D eigenvalue weighted by molar-refractivity contribution is 7.12. The van der Waals surface area contributed by atoms with Crippen molar-refractivity contribution in [1.29, 1.82) is 0 Å². The van der Waals surface area contributed by atoms with E-state index >= 15 is 4.39 Å². The van der Waals surface area contributed by atoms with Crippen molar-refractivity contribution in [1.82, 2.24) is 14.9 Å². The third-order valence-corrected chi connectivity index (χ3v) is 6.65. The molecular weight excluding hydrogens is 481 g/mol. The minimum Gasteiger partial charge on any atom is -0.323 e. The standard InChI is InChI=1S/C26H20FN5O3S/c27-19-13-16(24(33)31-22-6-2-4-11-29-22)7-8-17(19)15-32-21(14-18-5-1-3-10-28-18)25(34)30-20-9-12-36-23(20)26(32)35/h1-13,21H,14-15H2,(H,30,34)(H,29,31,33). The van der Waals surface area contributed by atoms with Crippen molar-refractivity contribution in [3.05, 3.63) is 106 Å². The average Bonchev–Trinajstić information content (AvgIpc) is 3.32. The molecule has 0 saturated carbocycles. The number of nitrogens with one attached hydrogen (secondary N) is 2. The molecule has 3 amide bonds. The van der Waals surface area contributed by atoms with Crippen LogP contribution in [0.2, 0.25) is 0 Å². The van der Waals surface area contributed by atoms with E-state index < -0.39 is 17.8 Å². The Balaban J connectivity index is 1.43. The second-order valence-corrected chi connectivity index (χ2v) is 9.02. The minimum atomic E-state index is -0.904. The maximum Gasteiger partial charge on any atom is 0.267 e. The van der Waals surface area contributed by atoms with Gasteiger partial charge in [-0.2, -0.15) is 0 Å². The first-order valence-electron chi connectivity index (χ1n) is 11.1. The molecule has 4 heterocycles. The lowest BCUT2D eigenvalue weighted by Crippen LogP contribution is -2.46. The number of benzene rings is 1. The molecule has 8 nitrogen and oxygen atoms in total. The van der Waals surface area contributed by atoms with Crippen LogP contribution < -0.4 is 10.6 Å². The molecular formula is C26H20FN5O3S. The molecule has 1 atom stereocenters. The smallest absolute Gasteiger partial charge is 0.267 e. The molecule has 1 unspecified atom stereocenters. The van der Waals surface area contributed by atoms with Crippen LogP contribution in [0.1, 0.15) is 31.3 Å². The molecule has 10 heteroatoms. The van der Waals surface area contributed by atoms with E-state index in [0.717, 1.165) is 6.07 Å². The average molecular weight is 502 g/mol. The van der Waals surface area contributed by atoms with Crippen molar-refractivity contribution < 1.29 is 18.8 Å². The third-order valence-electron chi connectivity index (χ3n) is 5.75. The number of anilines is 2. The molecule has 4 aromatic rings. The summed E-state index contributed by atoms with van der Waals surface area (Å²) < 4.78 is 15.2. The van der Waals surface area contributed by atoms with E-state index in [9.17, 15) is 14.4 Å². The molecule has 1 aliphatic rings. The fourth-order valence-corrected chi connectivity index (χ4v) is 4.73. The summed E-state index contributed by atoms with van der Waals surface area (Å²) in [4.78, 5) is 49.2. The molecule has 2 N–H and O–H groups in total. The maximum atomic E-state index is 15.2. The van der Waals surface area contributed by atoms with Crippen molar-refractivity contribution in [2.75, 3.05) is 10.6 Å². The Hall–Kier alpha value is -4.44. The number of nitrogens with zero attached hydrogens (tertiary/aromatic N) is 3. The lowest BCUT2D eigenvalue weighted by molar-refractivity contribution is -0.120. The van der Waals surface area contributed by atoms with Crippen LogP contribution in [0.5, 0.6) is 0 Å². The van der Waals surface area contributed by atoms with Gasteiger partial charge in [0.05, 0.1) is 5.69 Å². The Labute approximate surface area is 209 Å². The largest absolute Gasteiger partial charge is 0.323 e.